The molecule has 1 unspecified atom stereocenters. The van der Waals surface area contributed by atoms with Crippen molar-refractivity contribution in [1.29, 1.82) is 0 Å². The Balaban J connectivity index is 2.14. The van der Waals surface area contributed by atoms with Crippen LogP contribution in [0, 0.1) is 19.7 Å². The molecule has 0 aromatic heterocycles. The normalized spacial score (nSPS) is 17.6. The zero-order valence-electron chi connectivity index (χ0n) is 11.3. The topological polar surface area (TPSA) is 26.0 Å². The fourth-order valence-corrected chi connectivity index (χ4v) is 3.17. The molecular weight excluding hydrogens is 237 g/mol. The molecule has 19 heavy (non-hydrogen) atoms. The summed E-state index contributed by atoms with van der Waals surface area (Å²) in [5, 5.41) is 0. The molecular formula is C17H18FN. The lowest BCUT2D eigenvalue weighted by atomic mass is 9.93. The standard InChI is InChI=1S/C17H18FN/c1-10-7-14(18)8-11(2)17(10)13-3-5-15-12(9-13)4-6-16(15)19/h3,5,7-9,16H,4,6,19H2,1-2H3. The van der Waals surface area contributed by atoms with Crippen molar-refractivity contribution in [1.82, 2.24) is 0 Å². The van der Waals surface area contributed by atoms with Crippen LogP contribution >= 0.6 is 0 Å². The van der Waals surface area contributed by atoms with Gasteiger partial charge in [0.25, 0.3) is 0 Å². The van der Waals surface area contributed by atoms with Gasteiger partial charge in [-0.1, -0.05) is 18.2 Å². The Morgan fingerprint density at radius 2 is 1.79 bits per heavy atom. The molecule has 0 fully saturated rings. The van der Waals surface area contributed by atoms with Crippen LogP contribution in [0.25, 0.3) is 11.1 Å². The molecule has 1 aliphatic rings. The van der Waals surface area contributed by atoms with E-state index in [2.05, 4.69) is 18.2 Å². The van der Waals surface area contributed by atoms with Crippen molar-refractivity contribution >= 4 is 0 Å². The molecule has 0 bridgehead atoms. The minimum absolute atomic E-state index is 0.165. The Morgan fingerprint density at radius 3 is 2.47 bits per heavy atom. The van der Waals surface area contributed by atoms with Crippen molar-refractivity contribution in [2.45, 2.75) is 32.7 Å². The zero-order valence-corrected chi connectivity index (χ0v) is 11.3. The Kier molecular flexibility index (Phi) is 2.90. The van der Waals surface area contributed by atoms with E-state index in [1.807, 2.05) is 13.8 Å². The van der Waals surface area contributed by atoms with Crippen LogP contribution in [0.3, 0.4) is 0 Å². The second-order valence-electron chi connectivity index (χ2n) is 5.47. The second kappa shape index (κ2) is 4.46. The lowest BCUT2D eigenvalue weighted by Gasteiger charge is -2.13. The highest BCUT2D eigenvalue weighted by atomic mass is 19.1. The third-order valence-electron chi connectivity index (χ3n) is 4.05. The molecule has 0 amide bonds. The Hall–Kier alpha value is -1.67. The largest absolute Gasteiger partial charge is 0.324 e. The SMILES string of the molecule is Cc1cc(F)cc(C)c1-c1ccc2c(c1)CCC2N. The first kappa shape index (κ1) is 12.4. The summed E-state index contributed by atoms with van der Waals surface area (Å²) in [6.07, 6.45) is 2.07. The molecule has 0 heterocycles. The van der Waals surface area contributed by atoms with E-state index in [0.29, 0.717) is 0 Å². The molecule has 2 heteroatoms. The van der Waals surface area contributed by atoms with Crippen molar-refractivity contribution in [2.75, 3.05) is 0 Å². The number of benzene rings is 2. The smallest absolute Gasteiger partial charge is 0.123 e. The van der Waals surface area contributed by atoms with Crippen LogP contribution in [0.2, 0.25) is 0 Å². The Morgan fingerprint density at radius 1 is 1.11 bits per heavy atom. The van der Waals surface area contributed by atoms with Crippen LogP contribution in [-0.4, -0.2) is 0 Å². The third-order valence-corrected chi connectivity index (χ3v) is 4.05. The lowest BCUT2D eigenvalue weighted by molar-refractivity contribution is 0.625. The predicted molar refractivity (Wildman–Crippen MR) is 76.6 cm³/mol. The third kappa shape index (κ3) is 2.06. The van der Waals surface area contributed by atoms with Gasteiger partial charge in [0.1, 0.15) is 5.82 Å². The zero-order chi connectivity index (χ0) is 13.6. The molecule has 3 rings (SSSR count). The number of aryl methyl sites for hydroxylation is 3. The molecule has 0 spiro atoms. The van der Waals surface area contributed by atoms with Gasteiger partial charge in [-0.05, 0) is 72.2 Å². The number of nitrogens with two attached hydrogens (primary N) is 1. The van der Waals surface area contributed by atoms with Crippen molar-refractivity contribution < 1.29 is 4.39 Å². The van der Waals surface area contributed by atoms with E-state index in [0.717, 1.165) is 29.5 Å². The number of hydrogen-bond acceptors (Lipinski definition) is 1. The summed E-state index contributed by atoms with van der Waals surface area (Å²) in [4.78, 5) is 0. The second-order valence-corrected chi connectivity index (χ2v) is 5.47. The average Bonchev–Trinajstić information content (AvgIpc) is 2.69. The Bertz CT molecular complexity index is 623. The van der Waals surface area contributed by atoms with Gasteiger partial charge in [-0.2, -0.15) is 0 Å². The van der Waals surface area contributed by atoms with E-state index in [-0.39, 0.29) is 11.9 Å². The molecule has 98 valence electrons. The van der Waals surface area contributed by atoms with Crippen molar-refractivity contribution in [2.24, 2.45) is 5.73 Å². The first-order valence-electron chi connectivity index (χ1n) is 6.72. The van der Waals surface area contributed by atoms with E-state index >= 15 is 0 Å². The van der Waals surface area contributed by atoms with Gasteiger partial charge in [0, 0.05) is 6.04 Å². The van der Waals surface area contributed by atoms with Crippen LogP contribution in [0.5, 0.6) is 0 Å². The number of rotatable bonds is 1. The summed E-state index contributed by atoms with van der Waals surface area (Å²) in [5.41, 5.74) is 13.0. The molecule has 0 aliphatic heterocycles. The van der Waals surface area contributed by atoms with Crippen LogP contribution in [0.1, 0.15) is 34.7 Å². The van der Waals surface area contributed by atoms with Crippen molar-refractivity contribution in [3.8, 4) is 11.1 Å². The molecule has 2 aromatic rings. The minimum atomic E-state index is -0.165. The predicted octanol–water partition coefficient (Wildman–Crippen LogP) is 4.06. The molecule has 2 aromatic carbocycles. The first-order chi connectivity index (χ1) is 9.06. The molecule has 0 saturated heterocycles. The van der Waals surface area contributed by atoms with Crippen LogP contribution in [0.15, 0.2) is 30.3 Å². The van der Waals surface area contributed by atoms with Crippen LogP contribution in [-0.2, 0) is 6.42 Å². The van der Waals surface area contributed by atoms with Crippen molar-refractivity contribution in [3.05, 3.63) is 58.4 Å². The molecule has 2 N–H and O–H groups in total. The lowest BCUT2D eigenvalue weighted by Crippen LogP contribution is -2.04. The van der Waals surface area contributed by atoms with Gasteiger partial charge < -0.3 is 5.73 Å². The number of fused-ring (bicyclic) bond motifs is 1. The monoisotopic (exact) mass is 255 g/mol. The fourth-order valence-electron chi connectivity index (χ4n) is 3.17. The number of hydrogen-bond donors (Lipinski definition) is 1. The molecule has 1 aliphatic carbocycles. The van der Waals surface area contributed by atoms with Gasteiger partial charge >= 0.3 is 0 Å². The molecule has 1 nitrogen and oxygen atoms in total. The summed E-state index contributed by atoms with van der Waals surface area (Å²) in [5.74, 6) is -0.165. The van der Waals surface area contributed by atoms with E-state index in [9.17, 15) is 4.39 Å². The minimum Gasteiger partial charge on any atom is -0.324 e. The highest BCUT2D eigenvalue weighted by Gasteiger charge is 2.19. The fraction of sp³-hybridized carbons (Fsp3) is 0.294. The first-order valence-corrected chi connectivity index (χ1v) is 6.72. The summed E-state index contributed by atoms with van der Waals surface area (Å²) >= 11 is 0. The van der Waals surface area contributed by atoms with Gasteiger partial charge in [-0.15, -0.1) is 0 Å². The average molecular weight is 255 g/mol. The Labute approximate surface area is 113 Å². The maximum atomic E-state index is 13.4. The summed E-state index contributed by atoms with van der Waals surface area (Å²) < 4.78 is 13.4. The maximum absolute atomic E-state index is 13.4. The van der Waals surface area contributed by atoms with E-state index in [1.165, 1.54) is 16.7 Å². The number of halogens is 1. The summed E-state index contributed by atoms with van der Waals surface area (Å²) in [7, 11) is 0. The quantitative estimate of drug-likeness (QED) is 0.817. The summed E-state index contributed by atoms with van der Waals surface area (Å²) in [6.45, 7) is 3.93. The summed E-state index contributed by atoms with van der Waals surface area (Å²) in [6, 6.07) is 9.83. The highest BCUT2D eigenvalue weighted by molar-refractivity contribution is 5.72. The van der Waals surface area contributed by atoms with Gasteiger partial charge in [0.2, 0.25) is 0 Å². The van der Waals surface area contributed by atoms with Crippen LogP contribution in [0.4, 0.5) is 4.39 Å². The molecule has 0 saturated carbocycles. The van der Waals surface area contributed by atoms with Crippen LogP contribution < -0.4 is 5.73 Å². The molecule has 1 atom stereocenters. The maximum Gasteiger partial charge on any atom is 0.123 e. The van der Waals surface area contributed by atoms with Gasteiger partial charge in [-0.25, -0.2) is 4.39 Å². The van der Waals surface area contributed by atoms with Gasteiger partial charge in [-0.3, -0.25) is 0 Å². The van der Waals surface area contributed by atoms with Gasteiger partial charge in [0.05, 0.1) is 0 Å². The van der Waals surface area contributed by atoms with Gasteiger partial charge in [0.15, 0.2) is 0 Å². The van der Waals surface area contributed by atoms with Crippen molar-refractivity contribution in [3.63, 3.8) is 0 Å². The molecule has 0 radical (unpaired) electrons. The van der Waals surface area contributed by atoms with E-state index in [4.69, 9.17) is 5.73 Å². The van der Waals surface area contributed by atoms with E-state index < -0.39 is 0 Å². The van der Waals surface area contributed by atoms with E-state index in [1.54, 1.807) is 12.1 Å². The highest BCUT2D eigenvalue weighted by Crippen LogP contribution is 2.35.